The number of ether oxygens (including phenoxy) is 1. The minimum absolute atomic E-state index is 0.0181. The highest BCUT2D eigenvalue weighted by Crippen LogP contribution is 2.35. The average Bonchev–Trinajstić information content (AvgIpc) is 3.24. The Labute approximate surface area is 210 Å². The highest BCUT2D eigenvalue weighted by Gasteiger charge is 2.23. The number of carbonyl (C=O) groups excluding carboxylic acids is 1. The third-order valence-electron chi connectivity index (χ3n) is 5.99. The van der Waals surface area contributed by atoms with E-state index in [1.807, 2.05) is 31.2 Å². The maximum atomic E-state index is 13.8. The molecule has 0 amide bonds. The van der Waals surface area contributed by atoms with E-state index in [2.05, 4.69) is 0 Å². The van der Waals surface area contributed by atoms with Crippen LogP contribution in [0.5, 0.6) is 17.2 Å². The third kappa shape index (κ3) is 4.53. The van der Waals surface area contributed by atoms with Gasteiger partial charge in [-0.05, 0) is 80.6 Å². The lowest BCUT2D eigenvalue weighted by molar-refractivity contribution is 0.102. The average molecular weight is 509 g/mol. The summed E-state index contributed by atoms with van der Waals surface area (Å²) in [6.07, 6.45) is 4.02. The fourth-order valence-corrected chi connectivity index (χ4v) is 6.49. The summed E-state index contributed by atoms with van der Waals surface area (Å²) >= 11 is 2.75. The van der Waals surface area contributed by atoms with Gasteiger partial charge in [0.1, 0.15) is 10.6 Å². The Morgan fingerprint density at radius 3 is 2.63 bits per heavy atom. The van der Waals surface area contributed by atoms with Crippen LogP contribution in [-0.2, 0) is 12.8 Å². The van der Waals surface area contributed by atoms with E-state index in [1.165, 1.54) is 34.8 Å². The predicted molar refractivity (Wildman–Crippen MR) is 138 cm³/mol. The van der Waals surface area contributed by atoms with E-state index in [-0.39, 0.29) is 34.2 Å². The Balaban J connectivity index is 1.57. The van der Waals surface area contributed by atoms with Crippen LogP contribution in [0.3, 0.4) is 0 Å². The van der Waals surface area contributed by atoms with E-state index in [9.17, 15) is 19.8 Å². The van der Waals surface area contributed by atoms with Gasteiger partial charge in [-0.25, -0.2) is 4.98 Å². The van der Waals surface area contributed by atoms with Crippen LogP contribution < -0.4 is 10.3 Å². The molecular formula is C26H24N2O5S2. The topological polar surface area (TPSA) is 102 Å². The van der Waals surface area contributed by atoms with Crippen molar-refractivity contribution < 1.29 is 19.7 Å². The van der Waals surface area contributed by atoms with Crippen LogP contribution in [0.4, 0.5) is 0 Å². The maximum absolute atomic E-state index is 13.8. The highest BCUT2D eigenvalue weighted by atomic mass is 32.2. The number of hydrogen-bond donors (Lipinski definition) is 2. The molecule has 5 rings (SSSR count). The van der Waals surface area contributed by atoms with E-state index < -0.39 is 0 Å². The lowest BCUT2D eigenvalue weighted by atomic mass is 9.97. The van der Waals surface area contributed by atoms with Crippen LogP contribution >= 0.6 is 23.1 Å². The van der Waals surface area contributed by atoms with Crippen molar-refractivity contribution in [2.75, 3.05) is 12.4 Å². The molecule has 1 aliphatic carbocycles. The molecule has 0 bridgehead atoms. The van der Waals surface area contributed by atoms with Gasteiger partial charge in [-0.2, -0.15) is 0 Å². The second kappa shape index (κ2) is 9.75. The second-order valence-corrected chi connectivity index (χ2v) is 10.3. The summed E-state index contributed by atoms with van der Waals surface area (Å²) in [6.45, 7) is 2.46. The Kier molecular flexibility index (Phi) is 6.53. The molecule has 1 aliphatic rings. The Hall–Kier alpha value is -3.30. The van der Waals surface area contributed by atoms with Crippen molar-refractivity contribution in [1.82, 2.24) is 9.55 Å². The van der Waals surface area contributed by atoms with Crippen LogP contribution in [0.2, 0.25) is 0 Å². The predicted octanol–water partition coefficient (Wildman–Crippen LogP) is 5.11. The summed E-state index contributed by atoms with van der Waals surface area (Å²) in [5.74, 6) is -0.154. The first kappa shape index (κ1) is 23.4. The smallest absolute Gasteiger partial charge is 0.267 e. The fraction of sp³-hybridized carbons (Fsp3) is 0.269. The molecule has 0 radical (unpaired) electrons. The molecule has 2 aromatic carbocycles. The van der Waals surface area contributed by atoms with Gasteiger partial charge in [0.2, 0.25) is 0 Å². The molecule has 0 aliphatic heterocycles. The molecule has 4 aromatic rings. The molecule has 0 fully saturated rings. The Bertz CT molecular complexity index is 1470. The third-order valence-corrected chi connectivity index (χ3v) is 8.12. The van der Waals surface area contributed by atoms with E-state index in [0.717, 1.165) is 31.2 Å². The van der Waals surface area contributed by atoms with Gasteiger partial charge >= 0.3 is 0 Å². The first-order chi connectivity index (χ1) is 17.0. The van der Waals surface area contributed by atoms with E-state index >= 15 is 0 Å². The van der Waals surface area contributed by atoms with Crippen LogP contribution in [0.25, 0.3) is 15.9 Å². The van der Waals surface area contributed by atoms with Crippen molar-refractivity contribution in [2.45, 2.75) is 37.8 Å². The number of thiophene rings is 1. The number of thioether (sulfide) groups is 1. The number of aromatic hydroxyl groups is 2. The number of Topliss-reactive ketones (excluding diaryl/α,β-unsaturated/α-hetero) is 1. The van der Waals surface area contributed by atoms with Gasteiger partial charge in [0, 0.05) is 10.4 Å². The molecule has 0 unspecified atom stereocenters. The quantitative estimate of drug-likeness (QED) is 0.155. The zero-order chi connectivity index (χ0) is 24.5. The zero-order valence-corrected chi connectivity index (χ0v) is 20.7. The Morgan fingerprint density at radius 1 is 1.11 bits per heavy atom. The summed E-state index contributed by atoms with van der Waals surface area (Å²) in [4.78, 5) is 33.4. The molecule has 2 N–H and O–H groups in total. The number of phenols is 2. The summed E-state index contributed by atoms with van der Waals surface area (Å²) in [7, 11) is 0. The minimum Gasteiger partial charge on any atom is -0.504 e. The number of phenolic OH excluding ortho intramolecular Hbond substituents is 2. The molecule has 0 saturated heterocycles. The van der Waals surface area contributed by atoms with Crippen molar-refractivity contribution in [3.05, 3.63) is 68.8 Å². The first-order valence-electron chi connectivity index (χ1n) is 11.4. The molecule has 2 aromatic heterocycles. The lowest BCUT2D eigenvalue weighted by Gasteiger charge is -2.14. The minimum atomic E-state index is -0.351. The lowest BCUT2D eigenvalue weighted by Crippen LogP contribution is -2.22. The van der Waals surface area contributed by atoms with Gasteiger partial charge < -0.3 is 14.9 Å². The molecule has 0 atom stereocenters. The number of rotatable bonds is 7. The van der Waals surface area contributed by atoms with E-state index in [4.69, 9.17) is 9.72 Å². The van der Waals surface area contributed by atoms with E-state index in [1.54, 1.807) is 15.9 Å². The summed E-state index contributed by atoms with van der Waals surface area (Å²) < 4.78 is 7.12. The monoisotopic (exact) mass is 508 g/mol. The van der Waals surface area contributed by atoms with Gasteiger partial charge in [-0.15, -0.1) is 11.3 Å². The van der Waals surface area contributed by atoms with Crippen molar-refractivity contribution in [3.63, 3.8) is 0 Å². The Morgan fingerprint density at radius 2 is 1.89 bits per heavy atom. The molecule has 0 spiro atoms. The van der Waals surface area contributed by atoms with Crippen molar-refractivity contribution >= 4 is 39.1 Å². The molecule has 9 heteroatoms. The van der Waals surface area contributed by atoms with Crippen LogP contribution in [0.15, 0.2) is 52.4 Å². The number of ketones is 1. The number of fused-ring (bicyclic) bond motifs is 3. The largest absolute Gasteiger partial charge is 0.504 e. The van der Waals surface area contributed by atoms with Gasteiger partial charge in [0.05, 0.1) is 23.4 Å². The fourth-order valence-electron chi connectivity index (χ4n) is 4.28. The molecule has 35 heavy (non-hydrogen) atoms. The van der Waals surface area contributed by atoms with Crippen molar-refractivity contribution in [3.8, 4) is 22.9 Å². The van der Waals surface area contributed by atoms with Gasteiger partial charge in [-0.1, -0.05) is 11.8 Å². The maximum Gasteiger partial charge on any atom is 0.267 e. The summed E-state index contributed by atoms with van der Waals surface area (Å²) in [5, 5.41) is 20.4. The van der Waals surface area contributed by atoms with Crippen LogP contribution in [0.1, 0.15) is 40.6 Å². The number of nitrogens with zero attached hydrogens (tertiary/aromatic N) is 2. The zero-order valence-electron chi connectivity index (χ0n) is 19.1. The van der Waals surface area contributed by atoms with Crippen molar-refractivity contribution in [1.29, 1.82) is 0 Å². The number of aromatic nitrogens is 2. The SMILES string of the molecule is CCOc1ccc(-n2c(SCC(=O)c3ccc(O)c(O)c3)nc3sc4c(c3c2=O)CCCC4)cc1. The number of hydrogen-bond acceptors (Lipinski definition) is 8. The van der Waals surface area contributed by atoms with Gasteiger partial charge in [0.15, 0.2) is 22.4 Å². The standard InChI is InChI=1S/C26H24N2O5S2/c1-2-33-17-10-8-16(9-11-17)28-25(32)23-18-5-3-4-6-22(18)35-24(23)27-26(28)34-14-21(31)15-7-12-19(29)20(30)13-15/h7-13,29-30H,2-6,14H2,1H3. The normalized spacial score (nSPS) is 13.1. The molecular weight excluding hydrogens is 484 g/mol. The second-order valence-electron chi connectivity index (χ2n) is 8.27. The van der Waals surface area contributed by atoms with Gasteiger partial charge in [0.25, 0.3) is 5.56 Å². The number of benzene rings is 2. The van der Waals surface area contributed by atoms with Crippen LogP contribution in [0, 0.1) is 0 Å². The highest BCUT2D eigenvalue weighted by molar-refractivity contribution is 7.99. The number of carbonyl (C=O) groups is 1. The van der Waals surface area contributed by atoms with Crippen LogP contribution in [-0.4, -0.2) is 37.9 Å². The summed E-state index contributed by atoms with van der Waals surface area (Å²) in [5.41, 5.74) is 1.91. The van der Waals surface area contributed by atoms with Crippen molar-refractivity contribution in [2.24, 2.45) is 0 Å². The molecule has 180 valence electrons. The number of aryl methyl sites for hydroxylation is 2. The first-order valence-corrected chi connectivity index (χ1v) is 13.2. The molecule has 0 saturated carbocycles. The van der Waals surface area contributed by atoms with Gasteiger partial charge in [-0.3, -0.25) is 14.2 Å². The molecule has 7 nitrogen and oxygen atoms in total. The molecule has 2 heterocycles. The summed E-state index contributed by atoms with van der Waals surface area (Å²) in [6, 6.07) is 11.3. The van der Waals surface area contributed by atoms with E-state index in [0.29, 0.717) is 33.4 Å².